The van der Waals surface area contributed by atoms with Crippen LogP contribution in [0.5, 0.6) is 0 Å². The van der Waals surface area contributed by atoms with Gasteiger partial charge in [-0.2, -0.15) is 0 Å². The van der Waals surface area contributed by atoms with E-state index in [1.54, 1.807) is 16.6 Å². The van der Waals surface area contributed by atoms with Crippen LogP contribution in [-0.4, -0.2) is 27.7 Å². The lowest BCUT2D eigenvalue weighted by Gasteiger charge is -2.24. The van der Waals surface area contributed by atoms with Gasteiger partial charge in [-0.05, 0) is 31.2 Å². The molecule has 0 aliphatic carbocycles. The first kappa shape index (κ1) is 14.8. The standard InChI is InChI=1S/C16H17N5O2/c1-2-23-16(22)18-20(13-8-4-3-5-9-13)12-21-15-11-7-6-10-14(15)17-19-21/h3-11H,2,12H2,1H3,(H,18,22). The second-order valence-corrected chi connectivity index (χ2v) is 4.81. The number of nitrogens with zero attached hydrogens (tertiary/aromatic N) is 4. The summed E-state index contributed by atoms with van der Waals surface area (Å²) >= 11 is 0. The van der Waals surface area contributed by atoms with Crippen LogP contribution in [0.15, 0.2) is 54.6 Å². The molecule has 0 atom stereocenters. The summed E-state index contributed by atoms with van der Waals surface area (Å²) in [5, 5.41) is 9.94. The number of aromatic nitrogens is 3. The second kappa shape index (κ2) is 6.78. The third-order valence-electron chi connectivity index (χ3n) is 3.27. The highest BCUT2D eigenvalue weighted by atomic mass is 16.6. The van der Waals surface area contributed by atoms with E-state index in [2.05, 4.69) is 15.7 Å². The highest BCUT2D eigenvalue weighted by molar-refractivity contribution is 5.74. The fourth-order valence-electron chi connectivity index (χ4n) is 2.22. The maximum atomic E-state index is 11.8. The fourth-order valence-corrected chi connectivity index (χ4v) is 2.22. The monoisotopic (exact) mass is 311 g/mol. The first-order chi connectivity index (χ1) is 11.3. The quantitative estimate of drug-likeness (QED) is 0.733. The zero-order valence-electron chi connectivity index (χ0n) is 12.7. The molecule has 0 radical (unpaired) electrons. The lowest BCUT2D eigenvalue weighted by molar-refractivity contribution is 0.150. The summed E-state index contributed by atoms with van der Waals surface area (Å²) in [6, 6.07) is 17.2. The Morgan fingerprint density at radius 3 is 2.70 bits per heavy atom. The summed E-state index contributed by atoms with van der Waals surface area (Å²) in [7, 11) is 0. The normalized spacial score (nSPS) is 10.5. The third kappa shape index (κ3) is 3.39. The number of rotatable bonds is 5. The van der Waals surface area contributed by atoms with Gasteiger partial charge in [-0.1, -0.05) is 35.5 Å². The average molecular weight is 311 g/mol. The number of benzene rings is 2. The Balaban J connectivity index is 1.87. The largest absolute Gasteiger partial charge is 0.449 e. The molecule has 0 bridgehead atoms. The number of carbonyl (C=O) groups is 1. The van der Waals surface area contributed by atoms with E-state index in [1.165, 1.54) is 0 Å². The van der Waals surface area contributed by atoms with Crippen molar-refractivity contribution in [3.8, 4) is 0 Å². The van der Waals surface area contributed by atoms with Crippen LogP contribution in [0, 0.1) is 0 Å². The number of para-hydroxylation sites is 2. The number of amides is 1. The molecular formula is C16H17N5O2. The maximum absolute atomic E-state index is 11.8. The molecule has 0 saturated carbocycles. The second-order valence-electron chi connectivity index (χ2n) is 4.81. The van der Waals surface area contributed by atoms with E-state index < -0.39 is 6.09 Å². The number of hydrazine groups is 1. The SMILES string of the molecule is CCOC(=O)NN(Cn1nnc2ccccc21)c1ccccc1. The van der Waals surface area contributed by atoms with Crippen molar-refractivity contribution in [2.24, 2.45) is 0 Å². The molecule has 1 aromatic heterocycles. The van der Waals surface area contributed by atoms with Crippen LogP contribution in [0.4, 0.5) is 10.5 Å². The van der Waals surface area contributed by atoms with Gasteiger partial charge in [-0.15, -0.1) is 5.10 Å². The van der Waals surface area contributed by atoms with Gasteiger partial charge in [0.2, 0.25) is 0 Å². The van der Waals surface area contributed by atoms with Crippen molar-refractivity contribution in [1.82, 2.24) is 20.4 Å². The van der Waals surface area contributed by atoms with Gasteiger partial charge in [0, 0.05) is 0 Å². The Morgan fingerprint density at radius 1 is 1.17 bits per heavy atom. The van der Waals surface area contributed by atoms with Crippen LogP contribution < -0.4 is 10.4 Å². The zero-order chi connectivity index (χ0) is 16.1. The molecule has 7 heteroatoms. The third-order valence-corrected chi connectivity index (χ3v) is 3.27. The van der Waals surface area contributed by atoms with Crippen molar-refractivity contribution in [3.63, 3.8) is 0 Å². The summed E-state index contributed by atoms with van der Waals surface area (Å²) < 4.78 is 6.68. The van der Waals surface area contributed by atoms with E-state index in [0.717, 1.165) is 16.7 Å². The minimum absolute atomic E-state index is 0.306. The Hall–Kier alpha value is -3.09. The molecular weight excluding hydrogens is 294 g/mol. The molecule has 1 heterocycles. The molecule has 3 rings (SSSR count). The Bertz CT molecular complexity index is 787. The predicted molar refractivity (Wildman–Crippen MR) is 86.6 cm³/mol. The van der Waals surface area contributed by atoms with Crippen molar-refractivity contribution in [2.45, 2.75) is 13.6 Å². The van der Waals surface area contributed by atoms with Gasteiger partial charge in [0.05, 0.1) is 17.8 Å². The lowest BCUT2D eigenvalue weighted by Crippen LogP contribution is -2.44. The van der Waals surface area contributed by atoms with E-state index in [1.807, 2.05) is 54.6 Å². The number of carbonyl (C=O) groups excluding carboxylic acids is 1. The molecule has 7 nitrogen and oxygen atoms in total. The molecule has 23 heavy (non-hydrogen) atoms. The zero-order valence-corrected chi connectivity index (χ0v) is 12.7. The number of hydrogen-bond acceptors (Lipinski definition) is 5. The van der Waals surface area contributed by atoms with Crippen LogP contribution in [0.3, 0.4) is 0 Å². The highest BCUT2D eigenvalue weighted by Crippen LogP contribution is 2.15. The number of anilines is 1. The first-order valence-corrected chi connectivity index (χ1v) is 7.32. The van der Waals surface area contributed by atoms with Gasteiger partial charge in [0.1, 0.15) is 12.2 Å². The maximum Gasteiger partial charge on any atom is 0.426 e. The smallest absolute Gasteiger partial charge is 0.426 e. The number of nitrogens with one attached hydrogen (secondary N) is 1. The van der Waals surface area contributed by atoms with Crippen molar-refractivity contribution in [2.75, 3.05) is 11.6 Å². The fraction of sp³-hybridized carbons (Fsp3) is 0.188. The average Bonchev–Trinajstić information content (AvgIpc) is 2.98. The molecule has 0 spiro atoms. The van der Waals surface area contributed by atoms with Gasteiger partial charge in [0.25, 0.3) is 0 Å². The molecule has 0 unspecified atom stereocenters. The first-order valence-electron chi connectivity index (χ1n) is 7.32. The van der Waals surface area contributed by atoms with Crippen molar-refractivity contribution in [1.29, 1.82) is 0 Å². The van der Waals surface area contributed by atoms with Gasteiger partial charge in [0.15, 0.2) is 0 Å². The van der Waals surface area contributed by atoms with Gasteiger partial charge in [-0.3, -0.25) is 5.01 Å². The van der Waals surface area contributed by atoms with E-state index in [-0.39, 0.29) is 0 Å². The number of ether oxygens (including phenoxy) is 1. The van der Waals surface area contributed by atoms with E-state index in [9.17, 15) is 4.79 Å². The van der Waals surface area contributed by atoms with Gasteiger partial charge in [-0.25, -0.2) is 14.9 Å². The molecule has 3 aromatic rings. The molecule has 0 saturated heterocycles. The Morgan fingerprint density at radius 2 is 1.91 bits per heavy atom. The predicted octanol–water partition coefficient (Wildman–Crippen LogP) is 2.56. The summed E-state index contributed by atoms with van der Waals surface area (Å²) in [4.78, 5) is 11.8. The van der Waals surface area contributed by atoms with Crippen LogP contribution in [0.25, 0.3) is 11.0 Å². The molecule has 118 valence electrons. The summed E-state index contributed by atoms with van der Waals surface area (Å²) in [6.07, 6.45) is -0.513. The van der Waals surface area contributed by atoms with Crippen LogP contribution in [0.2, 0.25) is 0 Å². The molecule has 1 amide bonds. The molecule has 0 fully saturated rings. The van der Waals surface area contributed by atoms with E-state index in [0.29, 0.717) is 13.3 Å². The van der Waals surface area contributed by atoms with Crippen molar-refractivity contribution >= 4 is 22.8 Å². The summed E-state index contributed by atoms with van der Waals surface area (Å²) in [5.74, 6) is 0. The minimum Gasteiger partial charge on any atom is -0.449 e. The molecule has 1 N–H and O–H groups in total. The van der Waals surface area contributed by atoms with Crippen molar-refractivity contribution < 1.29 is 9.53 Å². The summed E-state index contributed by atoms with van der Waals surface area (Å²) in [5.41, 5.74) is 5.23. The minimum atomic E-state index is -0.513. The lowest BCUT2D eigenvalue weighted by atomic mass is 10.3. The Labute approximate surface area is 133 Å². The van der Waals surface area contributed by atoms with Crippen molar-refractivity contribution in [3.05, 3.63) is 54.6 Å². The van der Waals surface area contributed by atoms with Crippen LogP contribution >= 0.6 is 0 Å². The molecule has 0 aliphatic heterocycles. The van der Waals surface area contributed by atoms with Gasteiger partial charge >= 0.3 is 6.09 Å². The highest BCUT2D eigenvalue weighted by Gasteiger charge is 2.13. The number of hydrogen-bond donors (Lipinski definition) is 1. The molecule has 0 aliphatic rings. The van der Waals surface area contributed by atoms with Crippen LogP contribution in [-0.2, 0) is 11.4 Å². The number of fused-ring (bicyclic) bond motifs is 1. The van der Waals surface area contributed by atoms with E-state index in [4.69, 9.17) is 4.74 Å². The van der Waals surface area contributed by atoms with Gasteiger partial charge < -0.3 is 4.74 Å². The van der Waals surface area contributed by atoms with E-state index >= 15 is 0 Å². The summed E-state index contributed by atoms with van der Waals surface area (Å²) in [6.45, 7) is 2.38. The molecule has 2 aromatic carbocycles. The van der Waals surface area contributed by atoms with Crippen LogP contribution in [0.1, 0.15) is 6.92 Å². The topological polar surface area (TPSA) is 72.3 Å². The Kier molecular flexibility index (Phi) is 4.37.